The summed E-state index contributed by atoms with van der Waals surface area (Å²) in [4.78, 5) is 13.2. The van der Waals surface area contributed by atoms with Gasteiger partial charge in [-0.05, 0) is 47.0 Å². The highest BCUT2D eigenvalue weighted by molar-refractivity contribution is 6.30. The summed E-state index contributed by atoms with van der Waals surface area (Å²) in [5, 5.41) is 0.741. The summed E-state index contributed by atoms with van der Waals surface area (Å²) in [5.74, 6) is 0. The van der Waals surface area contributed by atoms with Gasteiger partial charge in [0.05, 0.1) is 12.9 Å². The second-order valence-electron chi connectivity index (χ2n) is 8.04. The van der Waals surface area contributed by atoms with E-state index >= 15 is 0 Å². The van der Waals surface area contributed by atoms with Crippen LogP contribution in [0.5, 0.6) is 0 Å². The largest absolute Gasteiger partial charge is 0.463 e. The van der Waals surface area contributed by atoms with Gasteiger partial charge in [0.15, 0.2) is 0 Å². The number of hydrogen-bond acceptors (Lipinski definition) is 5. The first kappa shape index (κ1) is 20.6. The number of rotatable bonds is 5. The van der Waals surface area contributed by atoms with Crippen molar-refractivity contribution in [2.24, 2.45) is 4.99 Å². The third-order valence-electron chi connectivity index (χ3n) is 5.75. The Balaban J connectivity index is 1.21. The summed E-state index contributed by atoms with van der Waals surface area (Å²) in [7, 11) is 0. The standard InChI is InChI=1S/C25H26ClN5O/c26-23-16-21(15-22(17-23)18-29-9-7-27-19-29)2-1-20-3-5-24(6-4-20)30-10-12-31(13-11-30)25-28-8-14-32-25/h1-7,9,15-17,19H,8,10-14,18H2. The van der Waals surface area contributed by atoms with E-state index in [-0.39, 0.29) is 0 Å². The van der Waals surface area contributed by atoms with Crippen molar-refractivity contribution in [3.63, 3.8) is 0 Å². The fourth-order valence-corrected chi connectivity index (χ4v) is 4.38. The SMILES string of the molecule is Clc1cc(C=Cc2ccc(N3CCN(C4=NCCO4)CC3)cc2)cc(Cn2ccnc2)c1. The minimum atomic E-state index is 0.714. The van der Waals surface area contributed by atoms with Crippen LogP contribution in [0.15, 0.2) is 66.2 Å². The van der Waals surface area contributed by atoms with Crippen molar-refractivity contribution in [1.29, 1.82) is 0 Å². The lowest BCUT2D eigenvalue weighted by molar-refractivity contribution is 0.255. The molecule has 0 N–H and O–H groups in total. The van der Waals surface area contributed by atoms with E-state index in [1.165, 1.54) is 5.69 Å². The maximum atomic E-state index is 6.35. The van der Waals surface area contributed by atoms with E-state index in [1.54, 1.807) is 6.20 Å². The van der Waals surface area contributed by atoms with E-state index in [4.69, 9.17) is 16.3 Å². The van der Waals surface area contributed by atoms with Crippen LogP contribution in [0.3, 0.4) is 0 Å². The third-order valence-corrected chi connectivity index (χ3v) is 5.97. The summed E-state index contributed by atoms with van der Waals surface area (Å²) >= 11 is 6.35. The zero-order valence-electron chi connectivity index (χ0n) is 17.9. The molecule has 6 nitrogen and oxygen atoms in total. The molecule has 7 heteroatoms. The van der Waals surface area contributed by atoms with Crippen molar-refractivity contribution >= 4 is 35.5 Å². The van der Waals surface area contributed by atoms with Crippen molar-refractivity contribution < 1.29 is 4.74 Å². The molecular weight excluding hydrogens is 422 g/mol. The Morgan fingerprint density at radius 1 is 0.938 bits per heavy atom. The molecule has 3 aromatic rings. The quantitative estimate of drug-likeness (QED) is 0.548. The highest BCUT2D eigenvalue weighted by Crippen LogP contribution is 2.21. The van der Waals surface area contributed by atoms with E-state index in [0.717, 1.165) is 67.0 Å². The van der Waals surface area contributed by atoms with Crippen molar-refractivity contribution in [3.8, 4) is 0 Å². The molecule has 1 fully saturated rings. The van der Waals surface area contributed by atoms with Gasteiger partial charge >= 0.3 is 0 Å². The highest BCUT2D eigenvalue weighted by atomic mass is 35.5. The second kappa shape index (κ2) is 9.49. The number of piperazine rings is 1. The van der Waals surface area contributed by atoms with Crippen molar-refractivity contribution in [2.45, 2.75) is 6.54 Å². The van der Waals surface area contributed by atoms with Crippen LogP contribution in [0.25, 0.3) is 12.2 Å². The predicted octanol–water partition coefficient (Wildman–Crippen LogP) is 4.26. The monoisotopic (exact) mass is 447 g/mol. The first-order valence-electron chi connectivity index (χ1n) is 10.9. The third kappa shape index (κ3) is 4.97. The van der Waals surface area contributed by atoms with Gasteiger partial charge in [0.1, 0.15) is 6.61 Å². The smallest absolute Gasteiger partial charge is 0.287 e. The molecule has 0 spiro atoms. The molecule has 2 aliphatic heterocycles. The number of ether oxygens (including phenoxy) is 1. The normalized spacial score (nSPS) is 16.5. The minimum Gasteiger partial charge on any atom is -0.463 e. The number of aromatic nitrogens is 2. The van der Waals surface area contributed by atoms with Crippen LogP contribution in [0.4, 0.5) is 5.69 Å². The average molecular weight is 448 g/mol. The lowest BCUT2D eigenvalue weighted by atomic mass is 10.1. The zero-order chi connectivity index (χ0) is 21.8. The molecule has 0 aliphatic carbocycles. The summed E-state index contributed by atoms with van der Waals surface area (Å²) in [6.45, 7) is 6.08. The molecule has 0 bridgehead atoms. The van der Waals surface area contributed by atoms with Gasteiger partial charge in [-0.15, -0.1) is 0 Å². The minimum absolute atomic E-state index is 0.714. The Labute approximate surface area is 193 Å². The molecule has 0 saturated carbocycles. The van der Waals surface area contributed by atoms with Crippen LogP contribution in [-0.4, -0.2) is 59.8 Å². The number of benzene rings is 2. The van der Waals surface area contributed by atoms with Gasteiger partial charge in [-0.1, -0.05) is 35.9 Å². The van der Waals surface area contributed by atoms with Gasteiger partial charge in [-0.3, -0.25) is 0 Å². The maximum Gasteiger partial charge on any atom is 0.287 e. The van der Waals surface area contributed by atoms with Gasteiger partial charge in [-0.2, -0.15) is 0 Å². The fraction of sp³-hybridized carbons (Fsp3) is 0.280. The molecule has 0 atom stereocenters. The number of imidazole rings is 1. The van der Waals surface area contributed by atoms with E-state index in [9.17, 15) is 0 Å². The fourth-order valence-electron chi connectivity index (χ4n) is 4.11. The predicted molar refractivity (Wildman–Crippen MR) is 130 cm³/mol. The summed E-state index contributed by atoms with van der Waals surface area (Å²) < 4.78 is 7.62. The first-order chi connectivity index (χ1) is 15.7. The average Bonchev–Trinajstić information content (AvgIpc) is 3.53. The summed E-state index contributed by atoms with van der Waals surface area (Å²) in [6, 6.07) is 15.7. The molecule has 0 amide bonds. The molecule has 0 radical (unpaired) electrons. The van der Waals surface area contributed by atoms with Gasteiger partial charge in [0.25, 0.3) is 6.02 Å². The lowest BCUT2D eigenvalue weighted by Crippen LogP contribution is -2.48. The Kier molecular flexibility index (Phi) is 6.12. The van der Waals surface area contributed by atoms with E-state index in [0.29, 0.717) is 6.61 Å². The van der Waals surface area contributed by atoms with Crippen LogP contribution in [0.2, 0.25) is 5.02 Å². The zero-order valence-corrected chi connectivity index (χ0v) is 18.7. The van der Waals surface area contributed by atoms with Gasteiger partial charge in [-0.25, -0.2) is 9.98 Å². The molecule has 1 aromatic heterocycles. The van der Waals surface area contributed by atoms with E-state index < -0.39 is 0 Å². The van der Waals surface area contributed by atoms with Crippen LogP contribution in [0.1, 0.15) is 16.7 Å². The molecule has 2 aromatic carbocycles. The number of amidine groups is 1. The Morgan fingerprint density at radius 2 is 1.72 bits per heavy atom. The number of nitrogens with zero attached hydrogens (tertiary/aromatic N) is 5. The van der Waals surface area contributed by atoms with Gasteiger partial charge in [0.2, 0.25) is 0 Å². The number of aliphatic imine (C=N–C) groups is 1. The van der Waals surface area contributed by atoms with Crippen LogP contribution in [0, 0.1) is 0 Å². The molecule has 5 rings (SSSR count). The van der Waals surface area contributed by atoms with Crippen LogP contribution in [-0.2, 0) is 11.3 Å². The first-order valence-corrected chi connectivity index (χ1v) is 11.3. The van der Waals surface area contributed by atoms with Crippen LogP contribution < -0.4 is 4.90 Å². The Bertz CT molecular complexity index is 1100. The van der Waals surface area contributed by atoms with Gasteiger partial charge < -0.3 is 19.1 Å². The molecule has 1 saturated heterocycles. The van der Waals surface area contributed by atoms with Crippen molar-refractivity contribution in [2.75, 3.05) is 44.2 Å². The highest BCUT2D eigenvalue weighted by Gasteiger charge is 2.22. The second-order valence-corrected chi connectivity index (χ2v) is 8.48. The van der Waals surface area contributed by atoms with Crippen molar-refractivity contribution in [1.82, 2.24) is 14.5 Å². The molecule has 0 unspecified atom stereocenters. The van der Waals surface area contributed by atoms with E-state index in [2.05, 4.69) is 62.3 Å². The van der Waals surface area contributed by atoms with Crippen molar-refractivity contribution in [3.05, 3.63) is 82.9 Å². The molecular formula is C25H26ClN5O. The maximum absolute atomic E-state index is 6.35. The summed E-state index contributed by atoms with van der Waals surface area (Å²) in [5.41, 5.74) is 4.65. The number of halogens is 1. The molecule has 164 valence electrons. The number of anilines is 1. The lowest BCUT2D eigenvalue weighted by Gasteiger charge is -2.36. The van der Waals surface area contributed by atoms with Crippen LogP contribution >= 0.6 is 11.6 Å². The topological polar surface area (TPSA) is 45.9 Å². The Morgan fingerprint density at radius 3 is 2.44 bits per heavy atom. The summed E-state index contributed by atoms with van der Waals surface area (Å²) in [6.07, 6.45) is 9.79. The molecule has 2 aliphatic rings. The van der Waals surface area contributed by atoms with Gasteiger partial charge in [0, 0.05) is 55.8 Å². The molecule has 32 heavy (non-hydrogen) atoms. The number of hydrogen-bond donors (Lipinski definition) is 0. The Hall–Kier alpha value is -3.25. The molecule has 3 heterocycles. The van der Waals surface area contributed by atoms with E-state index in [1.807, 2.05) is 29.2 Å².